The summed E-state index contributed by atoms with van der Waals surface area (Å²) in [4.78, 5) is 12.0. The van der Waals surface area contributed by atoms with Gasteiger partial charge in [-0.3, -0.25) is 4.79 Å². The van der Waals surface area contributed by atoms with E-state index in [0.717, 1.165) is 32.1 Å². The molecule has 164 valence electrons. The standard InChI is InChI=1S/C27H32O3S/c1-17-15-23-21-10-9-18-16-19(28)11-13-25(18,2)22(21)12-14-26(23,3)27(17,29)24(31)30-20-7-5-4-6-8-20/h4-8,11,13,16-17,21-23,29H,9-10,12,14-15H2,1-3H3/t17-,21-,22+,23+,25+,26+,27+/m1/s1. The van der Waals surface area contributed by atoms with Crippen LogP contribution in [-0.4, -0.2) is 21.5 Å². The van der Waals surface area contributed by atoms with E-state index in [1.165, 1.54) is 5.57 Å². The molecule has 0 heterocycles. The van der Waals surface area contributed by atoms with Gasteiger partial charge in [0.2, 0.25) is 0 Å². The summed E-state index contributed by atoms with van der Waals surface area (Å²) >= 11 is 5.77. The normalized spacial score (nSPS) is 43.5. The first kappa shape index (κ1) is 21.1. The Kier molecular flexibility index (Phi) is 4.84. The van der Waals surface area contributed by atoms with Crippen molar-refractivity contribution in [2.75, 3.05) is 0 Å². The van der Waals surface area contributed by atoms with Crippen LogP contribution in [0.5, 0.6) is 5.75 Å². The van der Waals surface area contributed by atoms with Crippen molar-refractivity contribution in [3.63, 3.8) is 0 Å². The van der Waals surface area contributed by atoms with E-state index in [1.54, 1.807) is 6.08 Å². The van der Waals surface area contributed by atoms with Crippen LogP contribution in [0.2, 0.25) is 0 Å². The van der Waals surface area contributed by atoms with Crippen molar-refractivity contribution in [2.24, 2.45) is 34.5 Å². The molecule has 1 aromatic rings. The van der Waals surface area contributed by atoms with Crippen LogP contribution in [0, 0.1) is 34.5 Å². The van der Waals surface area contributed by atoms with Gasteiger partial charge in [-0.25, -0.2) is 0 Å². The Hall–Kier alpha value is -1.78. The maximum absolute atomic E-state index is 12.1. The number of hydrogen-bond donors (Lipinski definition) is 1. The molecule has 3 nitrogen and oxygen atoms in total. The third-order valence-corrected chi connectivity index (χ3v) is 9.80. The Balaban J connectivity index is 1.46. The van der Waals surface area contributed by atoms with Crippen LogP contribution in [0.25, 0.3) is 0 Å². The molecule has 7 atom stereocenters. The van der Waals surface area contributed by atoms with Crippen LogP contribution in [-0.2, 0) is 4.79 Å². The lowest BCUT2D eigenvalue weighted by Crippen LogP contribution is -2.59. The molecule has 3 saturated carbocycles. The molecule has 4 heteroatoms. The molecule has 0 radical (unpaired) electrons. The lowest BCUT2D eigenvalue weighted by molar-refractivity contribution is -0.111. The summed E-state index contributed by atoms with van der Waals surface area (Å²) < 4.78 is 6.06. The second-order valence-corrected chi connectivity index (χ2v) is 11.0. The number of ketones is 1. The molecule has 0 aromatic heterocycles. The average molecular weight is 437 g/mol. The first-order chi connectivity index (χ1) is 14.7. The van der Waals surface area contributed by atoms with Gasteiger partial charge in [-0.05, 0) is 92.3 Å². The van der Waals surface area contributed by atoms with Crippen molar-refractivity contribution in [1.29, 1.82) is 0 Å². The Bertz CT molecular complexity index is 981. The number of hydrogen-bond acceptors (Lipinski definition) is 4. The Morgan fingerprint density at radius 2 is 1.90 bits per heavy atom. The number of para-hydroxylation sites is 1. The lowest BCUT2D eigenvalue weighted by Gasteiger charge is -2.58. The lowest BCUT2D eigenvalue weighted by atomic mass is 9.47. The number of thiocarbonyl (C=S) groups is 1. The first-order valence-electron chi connectivity index (χ1n) is 11.6. The van der Waals surface area contributed by atoms with Gasteiger partial charge >= 0.3 is 0 Å². The van der Waals surface area contributed by atoms with Crippen LogP contribution in [0.15, 0.2) is 54.1 Å². The fourth-order valence-corrected chi connectivity index (χ4v) is 8.18. The number of carbonyl (C=O) groups is 1. The summed E-state index contributed by atoms with van der Waals surface area (Å²) in [5, 5.41) is 12.4. The van der Waals surface area contributed by atoms with E-state index in [-0.39, 0.29) is 22.5 Å². The summed E-state index contributed by atoms with van der Waals surface area (Å²) in [6, 6.07) is 9.57. The van der Waals surface area contributed by atoms with Crippen LogP contribution >= 0.6 is 12.2 Å². The molecule has 31 heavy (non-hydrogen) atoms. The second-order valence-electron chi connectivity index (χ2n) is 10.7. The van der Waals surface area contributed by atoms with Crippen LogP contribution < -0.4 is 4.74 Å². The van der Waals surface area contributed by atoms with Gasteiger partial charge in [-0.1, -0.05) is 50.6 Å². The highest BCUT2D eigenvalue weighted by atomic mass is 32.1. The summed E-state index contributed by atoms with van der Waals surface area (Å²) in [7, 11) is 0. The van der Waals surface area contributed by atoms with Crippen molar-refractivity contribution in [2.45, 2.75) is 58.5 Å². The number of aliphatic hydroxyl groups is 1. The van der Waals surface area contributed by atoms with Gasteiger partial charge < -0.3 is 9.84 Å². The van der Waals surface area contributed by atoms with Crippen molar-refractivity contribution in [3.8, 4) is 5.75 Å². The number of rotatable bonds is 2. The minimum Gasteiger partial charge on any atom is -0.447 e. The third-order valence-electron chi connectivity index (χ3n) is 9.40. The summed E-state index contributed by atoms with van der Waals surface area (Å²) in [6.07, 6.45) is 10.8. The first-order valence-corrected chi connectivity index (χ1v) is 12.0. The van der Waals surface area contributed by atoms with Gasteiger partial charge in [0.25, 0.3) is 0 Å². The molecule has 3 fully saturated rings. The highest BCUT2D eigenvalue weighted by Crippen LogP contribution is 2.68. The van der Waals surface area contributed by atoms with Gasteiger partial charge in [0, 0.05) is 10.8 Å². The second kappa shape index (κ2) is 7.11. The summed E-state index contributed by atoms with van der Waals surface area (Å²) in [5.41, 5.74) is -0.161. The maximum atomic E-state index is 12.1. The molecule has 4 aliphatic carbocycles. The van der Waals surface area contributed by atoms with Gasteiger partial charge in [0.15, 0.2) is 10.8 Å². The van der Waals surface area contributed by atoms with Crippen LogP contribution in [0.1, 0.15) is 52.9 Å². The SMILES string of the molecule is C[C@@H]1C[C@H]2[C@@H]3CCC4=CC(=O)C=C[C@]4(C)[C@H]3CC[C@]2(C)[C@@]1(O)C(=S)Oc1ccccc1. The van der Waals surface area contributed by atoms with Crippen molar-refractivity contribution < 1.29 is 14.6 Å². The van der Waals surface area contributed by atoms with E-state index in [0.29, 0.717) is 28.6 Å². The monoisotopic (exact) mass is 436 g/mol. The van der Waals surface area contributed by atoms with E-state index in [9.17, 15) is 9.90 Å². The van der Waals surface area contributed by atoms with Crippen LogP contribution in [0.3, 0.4) is 0 Å². The zero-order chi connectivity index (χ0) is 22.0. The highest BCUT2D eigenvalue weighted by molar-refractivity contribution is 7.80. The number of benzene rings is 1. The highest BCUT2D eigenvalue weighted by Gasteiger charge is 2.68. The Morgan fingerprint density at radius 1 is 1.16 bits per heavy atom. The molecular weight excluding hydrogens is 404 g/mol. The molecule has 0 aliphatic heterocycles. The largest absolute Gasteiger partial charge is 0.447 e. The quantitative estimate of drug-likeness (QED) is 0.606. The number of carbonyl (C=O) groups excluding carboxylic acids is 1. The number of ether oxygens (including phenoxy) is 1. The molecule has 0 amide bonds. The molecule has 1 N–H and O–H groups in total. The predicted octanol–water partition coefficient (Wildman–Crippen LogP) is 5.68. The summed E-state index contributed by atoms with van der Waals surface area (Å²) in [6.45, 7) is 6.69. The Labute approximate surface area is 190 Å². The summed E-state index contributed by atoms with van der Waals surface area (Å²) in [5.74, 6) is 2.28. The molecule has 1 aromatic carbocycles. The predicted molar refractivity (Wildman–Crippen MR) is 126 cm³/mol. The molecule has 5 rings (SSSR count). The Morgan fingerprint density at radius 3 is 2.65 bits per heavy atom. The third kappa shape index (κ3) is 2.87. The van der Waals surface area contributed by atoms with Crippen molar-refractivity contribution in [3.05, 3.63) is 54.1 Å². The molecule has 0 bridgehead atoms. The molecule has 0 unspecified atom stereocenters. The van der Waals surface area contributed by atoms with E-state index in [1.807, 2.05) is 36.4 Å². The van der Waals surface area contributed by atoms with Gasteiger partial charge in [-0.2, -0.15) is 0 Å². The maximum Gasteiger partial charge on any atom is 0.199 e. The molecule has 0 saturated heterocycles. The van der Waals surface area contributed by atoms with E-state index in [4.69, 9.17) is 17.0 Å². The smallest absolute Gasteiger partial charge is 0.199 e. The zero-order valence-electron chi connectivity index (χ0n) is 18.6. The molecular formula is C27H32O3S. The molecule has 0 spiro atoms. The van der Waals surface area contributed by atoms with Gasteiger partial charge in [0.05, 0.1) is 0 Å². The zero-order valence-corrected chi connectivity index (χ0v) is 19.5. The van der Waals surface area contributed by atoms with Gasteiger partial charge in [0.1, 0.15) is 11.4 Å². The van der Waals surface area contributed by atoms with Crippen molar-refractivity contribution in [1.82, 2.24) is 0 Å². The van der Waals surface area contributed by atoms with E-state index >= 15 is 0 Å². The van der Waals surface area contributed by atoms with E-state index in [2.05, 4.69) is 26.8 Å². The fraction of sp³-hybridized carbons (Fsp3) is 0.556. The van der Waals surface area contributed by atoms with Crippen LogP contribution in [0.4, 0.5) is 0 Å². The molecule has 4 aliphatic rings. The number of fused-ring (bicyclic) bond motifs is 5. The number of allylic oxidation sites excluding steroid dienone is 4. The van der Waals surface area contributed by atoms with E-state index < -0.39 is 5.60 Å². The average Bonchev–Trinajstić information content (AvgIpc) is 2.96. The fourth-order valence-electron chi connectivity index (χ4n) is 7.65. The van der Waals surface area contributed by atoms with Gasteiger partial charge in [-0.15, -0.1) is 0 Å². The topological polar surface area (TPSA) is 46.5 Å². The minimum absolute atomic E-state index is 0.0385. The van der Waals surface area contributed by atoms with Crippen molar-refractivity contribution >= 4 is 23.1 Å². The minimum atomic E-state index is -1.12.